The highest BCUT2D eigenvalue weighted by Crippen LogP contribution is 2.21. The number of amides is 2. The van der Waals surface area contributed by atoms with Gasteiger partial charge in [0.05, 0.1) is 25.0 Å². The highest BCUT2D eigenvalue weighted by Gasteiger charge is 2.29. The molecule has 6 nitrogen and oxygen atoms in total. The summed E-state index contributed by atoms with van der Waals surface area (Å²) < 4.78 is 9.39. The lowest BCUT2D eigenvalue weighted by Gasteiger charge is -2.16. The molecule has 0 aromatic carbocycles. The van der Waals surface area contributed by atoms with Crippen LogP contribution in [0.5, 0.6) is 0 Å². The van der Waals surface area contributed by atoms with Gasteiger partial charge in [0, 0.05) is 13.1 Å². The van der Waals surface area contributed by atoms with Crippen LogP contribution in [0.1, 0.15) is 16.8 Å². The molecule has 7 heteroatoms. The quantitative estimate of drug-likeness (QED) is 0.886. The van der Waals surface area contributed by atoms with Crippen molar-refractivity contribution in [2.24, 2.45) is 0 Å². The molecule has 1 aromatic heterocycles. The Morgan fingerprint density at radius 2 is 2.39 bits per heavy atom. The van der Waals surface area contributed by atoms with E-state index in [1.165, 1.54) is 19.4 Å². The summed E-state index contributed by atoms with van der Waals surface area (Å²) in [6.07, 6.45) is 1.57. The predicted octanol–water partition coefficient (Wildman–Crippen LogP) is 1.50. The fraction of sp³-hybridized carbons (Fsp3) is 0.455. The molecule has 1 aromatic rings. The fourth-order valence-electron chi connectivity index (χ4n) is 1.90. The largest absolute Gasteiger partial charge is 0.453 e. The number of nitrogens with one attached hydrogen (secondary N) is 1. The number of alkyl carbamates (subject to hydrolysis) is 1. The first kappa shape index (κ1) is 12.8. The number of carbonyl (C=O) groups excluding carboxylic acids is 2. The van der Waals surface area contributed by atoms with Crippen molar-refractivity contribution in [2.45, 2.75) is 12.5 Å². The third-order valence-electron chi connectivity index (χ3n) is 2.83. The molecule has 0 spiro atoms. The minimum absolute atomic E-state index is 0.0874. The van der Waals surface area contributed by atoms with Crippen molar-refractivity contribution < 1.29 is 18.7 Å². The minimum atomic E-state index is -0.490. The van der Waals surface area contributed by atoms with Gasteiger partial charge in [-0.15, -0.1) is 0 Å². The Morgan fingerprint density at radius 1 is 1.61 bits per heavy atom. The molecular formula is C11H13ClN2O4. The van der Waals surface area contributed by atoms with Gasteiger partial charge in [-0.2, -0.15) is 0 Å². The second-order valence-electron chi connectivity index (χ2n) is 3.98. The van der Waals surface area contributed by atoms with E-state index in [1.54, 1.807) is 4.90 Å². The van der Waals surface area contributed by atoms with E-state index in [4.69, 9.17) is 16.0 Å². The van der Waals surface area contributed by atoms with E-state index < -0.39 is 6.09 Å². The number of likely N-dealkylation sites (tertiary alicyclic amines) is 1. The minimum Gasteiger partial charge on any atom is -0.453 e. The summed E-state index contributed by atoms with van der Waals surface area (Å²) >= 11 is 5.75. The van der Waals surface area contributed by atoms with E-state index in [1.807, 2.05) is 0 Å². The molecule has 2 amide bonds. The monoisotopic (exact) mass is 272 g/mol. The molecule has 1 atom stereocenters. The van der Waals surface area contributed by atoms with Crippen LogP contribution in [0.2, 0.25) is 5.22 Å². The lowest BCUT2D eigenvalue weighted by Crippen LogP contribution is -2.38. The molecule has 0 aliphatic carbocycles. The van der Waals surface area contributed by atoms with Crippen LogP contribution >= 0.6 is 11.6 Å². The standard InChI is InChI=1S/C11H13ClN2O4/c1-17-11(16)13-7-2-4-14(6-7)10(15)8-3-5-18-9(8)12/h3,5,7H,2,4,6H2,1H3,(H,13,16). The van der Waals surface area contributed by atoms with E-state index in [0.29, 0.717) is 25.1 Å². The summed E-state index contributed by atoms with van der Waals surface area (Å²) in [6.45, 7) is 1.00. The van der Waals surface area contributed by atoms with Gasteiger partial charge in [0.25, 0.3) is 5.91 Å². The molecule has 98 valence electrons. The zero-order valence-electron chi connectivity index (χ0n) is 9.81. The maximum Gasteiger partial charge on any atom is 0.407 e. The molecule has 1 fully saturated rings. The molecule has 0 bridgehead atoms. The van der Waals surface area contributed by atoms with Crippen LogP contribution in [0, 0.1) is 0 Å². The number of nitrogens with zero attached hydrogens (tertiary/aromatic N) is 1. The molecule has 2 rings (SSSR count). The van der Waals surface area contributed by atoms with Gasteiger partial charge < -0.3 is 19.4 Å². The van der Waals surface area contributed by atoms with Crippen molar-refractivity contribution in [1.82, 2.24) is 10.2 Å². The summed E-state index contributed by atoms with van der Waals surface area (Å²) in [5.74, 6) is -0.192. The first-order valence-corrected chi connectivity index (χ1v) is 5.86. The molecule has 1 saturated heterocycles. The van der Waals surface area contributed by atoms with Crippen LogP contribution in [0.4, 0.5) is 4.79 Å². The summed E-state index contributed by atoms with van der Waals surface area (Å²) in [7, 11) is 1.30. The maximum atomic E-state index is 12.1. The fourth-order valence-corrected chi connectivity index (χ4v) is 2.10. The summed E-state index contributed by atoms with van der Waals surface area (Å²) in [5.41, 5.74) is 0.343. The predicted molar refractivity (Wildman–Crippen MR) is 63.6 cm³/mol. The first-order valence-electron chi connectivity index (χ1n) is 5.48. The molecular weight excluding hydrogens is 260 g/mol. The molecule has 0 saturated carbocycles. The Kier molecular flexibility index (Phi) is 3.76. The molecule has 18 heavy (non-hydrogen) atoms. The molecule has 1 aliphatic rings. The molecule has 1 aliphatic heterocycles. The highest BCUT2D eigenvalue weighted by molar-refractivity contribution is 6.32. The molecule has 1 unspecified atom stereocenters. The number of ether oxygens (including phenoxy) is 1. The van der Waals surface area contributed by atoms with Gasteiger partial charge in [0.2, 0.25) is 5.22 Å². The average Bonchev–Trinajstić information content (AvgIpc) is 2.97. The van der Waals surface area contributed by atoms with Crippen LogP contribution < -0.4 is 5.32 Å². The first-order chi connectivity index (χ1) is 8.61. The summed E-state index contributed by atoms with van der Waals surface area (Å²) in [4.78, 5) is 24.7. The van der Waals surface area contributed by atoms with Crippen LogP contribution in [0.15, 0.2) is 16.7 Å². The second kappa shape index (κ2) is 5.30. The van der Waals surface area contributed by atoms with Gasteiger partial charge in [0.15, 0.2) is 0 Å². The lowest BCUT2D eigenvalue weighted by atomic mass is 10.3. The van der Waals surface area contributed by atoms with E-state index in [9.17, 15) is 9.59 Å². The van der Waals surface area contributed by atoms with Crippen molar-refractivity contribution in [3.63, 3.8) is 0 Å². The van der Waals surface area contributed by atoms with Crippen LogP contribution in [0.25, 0.3) is 0 Å². The van der Waals surface area contributed by atoms with Gasteiger partial charge in [-0.1, -0.05) is 0 Å². The lowest BCUT2D eigenvalue weighted by molar-refractivity contribution is 0.0787. The van der Waals surface area contributed by atoms with Gasteiger partial charge in [-0.25, -0.2) is 4.79 Å². The van der Waals surface area contributed by atoms with E-state index >= 15 is 0 Å². The normalized spacial score (nSPS) is 18.8. The van der Waals surface area contributed by atoms with Gasteiger partial charge in [0.1, 0.15) is 0 Å². The average molecular weight is 273 g/mol. The van der Waals surface area contributed by atoms with Crippen molar-refractivity contribution in [1.29, 1.82) is 0 Å². The van der Waals surface area contributed by atoms with Gasteiger partial charge in [-0.05, 0) is 24.1 Å². The van der Waals surface area contributed by atoms with E-state index in [0.717, 1.165) is 0 Å². The van der Waals surface area contributed by atoms with Crippen molar-refractivity contribution in [2.75, 3.05) is 20.2 Å². The Bertz CT molecular complexity index is 460. The zero-order chi connectivity index (χ0) is 13.1. The summed E-state index contributed by atoms with van der Waals surface area (Å²) in [6, 6.07) is 1.44. The number of rotatable bonds is 2. The Hall–Kier alpha value is -1.69. The Morgan fingerprint density at radius 3 is 3.00 bits per heavy atom. The topological polar surface area (TPSA) is 71.8 Å². The molecule has 2 heterocycles. The number of halogens is 1. The third-order valence-corrected chi connectivity index (χ3v) is 3.12. The van der Waals surface area contributed by atoms with Crippen molar-refractivity contribution in [3.8, 4) is 0 Å². The smallest absolute Gasteiger partial charge is 0.407 e. The van der Waals surface area contributed by atoms with E-state index in [-0.39, 0.29) is 17.2 Å². The summed E-state index contributed by atoms with van der Waals surface area (Å²) in [5, 5.41) is 2.75. The van der Waals surface area contributed by atoms with Gasteiger partial charge in [-0.3, -0.25) is 4.79 Å². The number of hydrogen-bond donors (Lipinski definition) is 1. The molecule has 1 N–H and O–H groups in total. The number of hydrogen-bond acceptors (Lipinski definition) is 4. The van der Waals surface area contributed by atoms with Gasteiger partial charge >= 0.3 is 6.09 Å². The van der Waals surface area contributed by atoms with Crippen LogP contribution in [0.3, 0.4) is 0 Å². The Balaban J connectivity index is 1.95. The SMILES string of the molecule is COC(=O)NC1CCN(C(=O)c2ccoc2Cl)C1. The number of carbonyl (C=O) groups is 2. The maximum absolute atomic E-state index is 12.1. The van der Waals surface area contributed by atoms with Crippen molar-refractivity contribution in [3.05, 3.63) is 23.1 Å². The Labute approximate surface area is 109 Å². The van der Waals surface area contributed by atoms with Crippen molar-refractivity contribution >= 4 is 23.6 Å². The van der Waals surface area contributed by atoms with E-state index in [2.05, 4.69) is 10.1 Å². The molecule has 0 radical (unpaired) electrons. The second-order valence-corrected chi connectivity index (χ2v) is 4.32. The number of methoxy groups -OCH3 is 1. The highest BCUT2D eigenvalue weighted by atomic mass is 35.5. The zero-order valence-corrected chi connectivity index (χ0v) is 10.6. The third kappa shape index (κ3) is 2.59. The number of furan rings is 1. The van der Waals surface area contributed by atoms with Crippen LogP contribution in [-0.4, -0.2) is 43.1 Å². The van der Waals surface area contributed by atoms with Crippen LogP contribution in [-0.2, 0) is 4.74 Å².